The van der Waals surface area contributed by atoms with Crippen LogP contribution in [-0.4, -0.2) is 63.1 Å². The highest BCUT2D eigenvalue weighted by molar-refractivity contribution is 6.27. The molecule has 0 bridgehead atoms. The van der Waals surface area contributed by atoms with Crippen molar-refractivity contribution in [3.8, 4) is 0 Å². The number of nitrogens with zero attached hydrogens (tertiary/aromatic N) is 3. The summed E-state index contributed by atoms with van der Waals surface area (Å²) in [4.78, 5) is 32.8. The Balaban J connectivity index is 0.000000569. The maximum Gasteiger partial charge on any atom is 0.416 e. The summed E-state index contributed by atoms with van der Waals surface area (Å²) < 4.78 is 39.4. The van der Waals surface area contributed by atoms with Crippen LogP contribution in [0.5, 0.6) is 0 Å². The van der Waals surface area contributed by atoms with E-state index in [1.165, 1.54) is 18.2 Å². The molecule has 0 saturated carbocycles. The Kier molecular flexibility index (Phi) is 8.88. The van der Waals surface area contributed by atoms with Gasteiger partial charge in [-0.3, -0.25) is 19.9 Å². The Morgan fingerprint density at radius 2 is 1.45 bits per heavy atom. The number of rotatable bonds is 5. The Hall–Kier alpha value is -3.51. The van der Waals surface area contributed by atoms with Crippen LogP contribution >= 0.6 is 0 Å². The van der Waals surface area contributed by atoms with E-state index in [0.717, 1.165) is 11.6 Å². The van der Waals surface area contributed by atoms with Crippen molar-refractivity contribution >= 4 is 17.6 Å². The molecule has 2 N–H and O–H groups in total. The smallest absolute Gasteiger partial charge is 0.416 e. The minimum Gasteiger partial charge on any atom is -0.473 e. The van der Waals surface area contributed by atoms with Crippen LogP contribution in [-0.2, 0) is 28.9 Å². The lowest BCUT2D eigenvalue weighted by Gasteiger charge is -2.35. The van der Waals surface area contributed by atoms with Crippen molar-refractivity contribution in [1.29, 1.82) is 0 Å². The average Bonchev–Trinajstić information content (AvgIpc) is 2.75. The van der Waals surface area contributed by atoms with Gasteiger partial charge in [0.1, 0.15) is 0 Å². The number of carboxylic acids is 2. The van der Waals surface area contributed by atoms with Gasteiger partial charge in [0.2, 0.25) is 0 Å². The van der Waals surface area contributed by atoms with E-state index < -0.39 is 28.6 Å². The van der Waals surface area contributed by atoms with Gasteiger partial charge in [0.25, 0.3) is 5.69 Å². The Morgan fingerprint density at radius 3 is 1.97 bits per heavy atom. The lowest BCUT2D eigenvalue weighted by Crippen LogP contribution is -2.45. The largest absolute Gasteiger partial charge is 0.473 e. The van der Waals surface area contributed by atoms with Gasteiger partial charge in [-0.1, -0.05) is 30.3 Å². The number of carboxylic acid groups (broad SMARTS) is 2. The third-order valence-corrected chi connectivity index (χ3v) is 4.89. The predicted molar refractivity (Wildman–Crippen MR) is 110 cm³/mol. The molecule has 0 spiro atoms. The van der Waals surface area contributed by atoms with Crippen LogP contribution in [0.2, 0.25) is 0 Å². The van der Waals surface area contributed by atoms with Crippen molar-refractivity contribution in [2.24, 2.45) is 0 Å². The van der Waals surface area contributed by atoms with Crippen LogP contribution in [0.1, 0.15) is 16.7 Å². The molecule has 0 aliphatic carbocycles. The zero-order valence-corrected chi connectivity index (χ0v) is 17.4. The van der Waals surface area contributed by atoms with E-state index in [9.17, 15) is 23.3 Å². The quantitative estimate of drug-likeness (QED) is 0.389. The minimum absolute atomic E-state index is 0.0647. The highest BCUT2D eigenvalue weighted by Crippen LogP contribution is 2.32. The number of hydrogen-bond donors (Lipinski definition) is 2. The molecule has 2 aromatic carbocycles. The van der Waals surface area contributed by atoms with Crippen LogP contribution in [0.25, 0.3) is 0 Å². The second kappa shape index (κ2) is 11.4. The van der Waals surface area contributed by atoms with E-state index in [2.05, 4.69) is 4.90 Å². The van der Waals surface area contributed by atoms with Gasteiger partial charge in [-0.05, 0) is 17.2 Å². The first-order valence-corrected chi connectivity index (χ1v) is 9.76. The van der Waals surface area contributed by atoms with Gasteiger partial charge in [0.15, 0.2) is 0 Å². The first kappa shape index (κ1) is 25.7. The predicted octanol–water partition coefficient (Wildman–Crippen LogP) is 3.09. The summed E-state index contributed by atoms with van der Waals surface area (Å²) >= 11 is 0. The normalized spacial score (nSPS) is 14.8. The van der Waals surface area contributed by atoms with E-state index in [-0.39, 0.29) is 17.8 Å². The zero-order valence-electron chi connectivity index (χ0n) is 17.4. The van der Waals surface area contributed by atoms with Crippen LogP contribution in [0, 0.1) is 10.1 Å². The molecule has 3 rings (SSSR count). The van der Waals surface area contributed by atoms with Crippen molar-refractivity contribution in [3.63, 3.8) is 0 Å². The van der Waals surface area contributed by atoms with Gasteiger partial charge in [-0.2, -0.15) is 13.2 Å². The second-order valence-electron chi connectivity index (χ2n) is 7.24. The number of nitro benzene ring substituents is 1. The number of nitro groups is 1. The molecule has 9 nitrogen and oxygen atoms in total. The monoisotopic (exact) mass is 469 g/mol. The standard InChI is InChI=1S/C19H20F3N3O2.C2H2O4/c20-19(21,22)18-7-2-1-5-16(18)14-24-10-8-23(9-11-24)13-15-4-3-6-17(12-15)25(26)27;3-1(4)2(5)6/h1-7,12H,8-11,13-14H2;(H,3,4)(H,5,6). The highest BCUT2D eigenvalue weighted by Gasteiger charge is 2.33. The molecule has 0 aromatic heterocycles. The Morgan fingerprint density at radius 1 is 0.909 bits per heavy atom. The lowest BCUT2D eigenvalue weighted by atomic mass is 10.1. The van der Waals surface area contributed by atoms with E-state index >= 15 is 0 Å². The molecule has 0 radical (unpaired) electrons. The minimum atomic E-state index is -4.35. The van der Waals surface area contributed by atoms with Gasteiger partial charge >= 0.3 is 18.1 Å². The molecule has 0 amide bonds. The molecular formula is C21H22F3N3O6. The fourth-order valence-corrected chi connectivity index (χ4v) is 3.31. The van der Waals surface area contributed by atoms with E-state index in [0.29, 0.717) is 32.7 Å². The van der Waals surface area contributed by atoms with Crippen LogP contribution in [0.15, 0.2) is 48.5 Å². The summed E-state index contributed by atoms with van der Waals surface area (Å²) in [6.45, 7) is 3.57. The van der Waals surface area contributed by atoms with E-state index in [4.69, 9.17) is 19.8 Å². The molecule has 178 valence electrons. The molecule has 0 unspecified atom stereocenters. The van der Waals surface area contributed by atoms with Gasteiger partial charge in [-0.25, -0.2) is 9.59 Å². The highest BCUT2D eigenvalue weighted by atomic mass is 19.4. The van der Waals surface area contributed by atoms with Crippen molar-refractivity contribution in [2.75, 3.05) is 26.2 Å². The first-order valence-electron chi connectivity index (χ1n) is 9.76. The maximum absolute atomic E-state index is 13.1. The molecule has 1 saturated heterocycles. The fourth-order valence-electron chi connectivity index (χ4n) is 3.31. The molecule has 1 heterocycles. The summed E-state index contributed by atoms with van der Waals surface area (Å²) in [5, 5.41) is 25.6. The van der Waals surface area contributed by atoms with Crippen LogP contribution in [0.4, 0.5) is 18.9 Å². The summed E-state index contributed by atoms with van der Waals surface area (Å²) in [6, 6.07) is 12.2. The first-order chi connectivity index (χ1) is 15.5. The lowest BCUT2D eigenvalue weighted by molar-refractivity contribution is -0.384. The molecule has 0 atom stereocenters. The molecule has 12 heteroatoms. The van der Waals surface area contributed by atoms with Crippen molar-refractivity contribution in [2.45, 2.75) is 19.3 Å². The van der Waals surface area contributed by atoms with E-state index in [1.807, 2.05) is 11.0 Å². The molecule has 33 heavy (non-hydrogen) atoms. The zero-order chi connectivity index (χ0) is 24.6. The van der Waals surface area contributed by atoms with Crippen molar-refractivity contribution < 1.29 is 37.9 Å². The topological polar surface area (TPSA) is 124 Å². The Labute approximate surface area is 186 Å². The summed E-state index contributed by atoms with van der Waals surface area (Å²) in [6.07, 6.45) is -4.35. The number of benzene rings is 2. The number of halogens is 3. The molecular weight excluding hydrogens is 447 g/mol. The van der Waals surface area contributed by atoms with Crippen LogP contribution in [0.3, 0.4) is 0 Å². The van der Waals surface area contributed by atoms with Gasteiger partial charge < -0.3 is 10.2 Å². The van der Waals surface area contributed by atoms with Crippen molar-refractivity contribution in [3.05, 3.63) is 75.3 Å². The van der Waals surface area contributed by atoms with Gasteiger partial charge in [0.05, 0.1) is 10.5 Å². The van der Waals surface area contributed by atoms with Gasteiger partial charge in [-0.15, -0.1) is 0 Å². The SMILES string of the molecule is O=C(O)C(=O)O.O=[N+]([O-])c1cccc(CN2CCN(Cc3ccccc3C(F)(F)F)CC2)c1. The van der Waals surface area contributed by atoms with E-state index in [1.54, 1.807) is 18.2 Å². The number of piperazine rings is 1. The molecule has 2 aromatic rings. The Bertz CT molecular complexity index is 979. The number of aliphatic carboxylic acids is 2. The number of non-ortho nitro benzene ring substituents is 1. The summed E-state index contributed by atoms with van der Waals surface area (Å²) in [7, 11) is 0. The summed E-state index contributed by atoms with van der Waals surface area (Å²) in [5.41, 5.74) is 0.635. The molecule has 1 aliphatic heterocycles. The average molecular weight is 469 g/mol. The number of alkyl halides is 3. The third-order valence-electron chi connectivity index (χ3n) is 4.89. The number of carbonyl (C=O) groups is 2. The van der Waals surface area contributed by atoms with Crippen LogP contribution < -0.4 is 0 Å². The molecule has 1 fully saturated rings. The van der Waals surface area contributed by atoms with Gasteiger partial charge in [0, 0.05) is 51.4 Å². The second-order valence-corrected chi connectivity index (χ2v) is 7.24. The van der Waals surface area contributed by atoms with Crippen molar-refractivity contribution in [1.82, 2.24) is 9.80 Å². The fraction of sp³-hybridized carbons (Fsp3) is 0.333. The summed E-state index contributed by atoms with van der Waals surface area (Å²) in [5.74, 6) is -3.65. The number of hydrogen-bond acceptors (Lipinski definition) is 6. The maximum atomic E-state index is 13.1. The molecule has 1 aliphatic rings. The third kappa shape index (κ3) is 8.16.